The van der Waals surface area contributed by atoms with Crippen molar-refractivity contribution < 1.29 is 27.5 Å². The largest absolute Gasteiger partial charge is 0.461 e. The Morgan fingerprint density at radius 2 is 2.35 bits per heavy atom. The summed E-state index contributed by atoms with van der Waals surface area (Å²) in [5.41, 5.74) is 0.0625. The van der Waals surface area contributed by atoms with E-state index in [0.717, 1.165) is 6.39 Å². The summed E-state index contributed by atoms with van der Waals surface area (Å²) in [4.78, 5) is 15.1. The molecule has 0 saturated heterocycles. The molecule has 0 spiro atoms. The first kappa shape index (κ1) is 13.6. The van der Waals surface area contributed by atoms with Crippen molar-refractivity contribution in [3.05, 3.63) is 17.8 Å². The number of carbonyl (C=O) groups excluding carboxylic acids is 1. The van der Waals surface area contributed by atoms with Crippen LogP contribution >= 0.6 is 0 Å². The highest BCUT2D eigenvalue weighted by atomic mass is 19.3. The lowest BCUT2D eigenvalue weighted by Gasteiger charge is -2.03. The highest BCUT2D eigenvalue weighted by Gasteiger charge is 2.17. The monoisotopic (exact) mass is 249 g/mol. The summed E-state index contributed by atoms with van der Waals surface area (Å²) in [5, 5.41) is 0. The van der Waals surface area contributed by atoms with Gasteiger partial charge in [0.1, 0.15) is 12.4 Å². The van der Waals surface area contributed by atoms with Gasteiger partial charge in [0, 0.05) is 6.42 Å². The molecular formula is C10H13F2NO4. The molecule has 0 aromatic carbocycles. The van der Waals surface area contributed by atoms with Crippen molar-refractivity contribution in [2.24, 2.45) is 0 Å². The smallest absolute Gasteiger partial charge is 0.360 e. The normalized spacial score (nSPS) is 10.8. The van der Waals surface area contributed by atoms with Crippen LogP contribution in [0.3, 0.4) is 0 Å². The molecule has 1 aromatic heterocycles. The molecule has 1 rings (SSSR count). The molecule has 0 aliphatic rings. The molecule has 0 amide bonds. The summed E-state index contributed by atoms with van der Waals surface area (Å²) >= 11 is 0. The Morgan fingerprint density at radius 3 is 3.00 bits per heavy atom. The van der Waals surface area contributed by atoms with Gasteiger partial charge in [0.2, 0.25) is 0 Å². The standard InChI is InChI=1S/C10H13F2NO4/c1-2-16-10(14)9-7(17-6-13-9)3-4-15-5-8(11)12/h6,8H,2-5H2,1H3. The minimum Gasteiger partial charge on any atom is -0.461 e. The Hall–Kier alpha value is -1.50. The third-order valence-electron chi connectivity index (χ3n) is 1.83. The van der Waals surface area contributed by atoms with Gasteiger partial charge in [-0.3, -0.25) is 0 Å². The van der Waals surface area contributed by atoms with E-state index in [2.05, 4.69) is 9.72 Å². The van der Waals surface area contributed by atoms with E-state index in [1.165, 1.54) is 0 Å². The van der Waals surface area contributed by atoms with Crippen molar-refractivity contribution in [2.45, 2.75) is 19.8 Å². The molecular weight excluding hydrogens is 236 g/mol. The Bertz CT molecular complexity index is 354. The Labute approximate surface area is 96.7 Å². The maximum Gasteiger partial charge on any atom is 0.360 e. The minimum atomic E-state index is -2.51. The van der Waals surface area contributed by atoms with Gasteiger partial charge in [-0.05, 0) is 6.92 Å². The van der Waals surface area contributed by atoms with Gasteiger partial charge in [0.15, 0.2) is 12.1 Å². The summed E-state index contributed by atoms with van der Waals surface area (Å²) in [7, 11) is 0. The molecule has 1 aromatic rings. The molecule has 0 saturated carbocycles. The number of nitrogens with zero attached hydrogens (tertiary/aromatic N) is 1. The van der Waals surface area contributed by atoms with Gasteiger partial charge >= 0.3 is 5.97 Å². The molecule has 17 heavy (non-hydrogen) atoms. The van der Waals surface area contributed by atoms with Crippen molar-refractivity contribution in [2.75, 3.05) is 19.8 Å². The van der Waals surface area contributed by atoms with E-state index in [-0.39, 0.29) is 31.1 Å². The number of carbonyl (C=O) groups is 1. The summed E-state index contributed by atoms with van der Waals surface area (Å²) in [6.07, 6.45) is -1.20. The number of rotatable bonds is 7. The maximum atomic E-state index is 11.8. The van der Waals surface area contributed by atoms with E-state index in [9.17, 15) is 13.6 Å². The van der Waals surface area contributed by atoms with Gasteiger partial charge in [0.25, 0.3) is 6.43 Å². The van der Waals surface area contributed by atoms with Crippen LogP contribution in [0.25, 0.3) is 0 Å². The lowest BCUT2D eigenvalue weighted by molar-refractivity contribution is 0.0174. The second-order valence-corrected chi connectivity index (χ2v) is 3.06. The third-order valence-corrected chi connectivity index (χ3v) is 1.83. The molecule has 7 heteroatoms. The molecule has 96 valence electrons. The second-order valence-electron chi connectivity index (χ2n) is 3.06. The zero-order chi connectivity index (χ0) is 12.7. The summed E-state index contributed by atoms with van der Waals surface area (Å²) < 4.78 is 37.9. The Balaban J connectivity index is 2.43. The van der Waals surface area contributed by atoms with Crippen LogP contribution in [0.2, 0.25) is 0 Å². The number of ether oxygens (including phenoxy) is 2. The topological polar surface area (TPSA) is 61.6 Å². The number of hydrogen-bond donors (Lipinski definition) is 0. The van der Waals surface area contributed by atoms with Crippen LogP contribution in [-0.2, 0) is 15.9 Å². The second kappa shape index (κ2) is 6.95. The van der Waals surface area contributed by atoms with Crippen molar-refractivity contribution in [1.29, 1.82) is 0 Å². The zero-order valence-corrected chi connectivity index (χ0v) is 9.32. The van der Waals surface area contributed by atoms with Crippen LogP contribution in [0.1, 0.15) is 23.2 Å². The fourth-order valence-electron chi connectivity index (χ4n) is 1.15. The summed E-state index contributed by atoms with van der Waals surface area (Å²) in [6.45, 7) is 1.30. The van der Waals surface area contributed by atoms with Gasteiger partial charge in [-0.25, -0.2) is 18.6 Å². The maximum absolute atomic E-state index is 11.8. The Kier molecular flexibility index (Phi) is 5.55. The van der Waals surface area contributed by atoms with Crippen LogP contribution in [-0.4, -0.2) is 37.2 Å². The number of aromatic nitrogens is 1. The van der Waals surface area contributed by atoms with E-state index in [1.807, 2.05) is 0 Å². The first-order valence-corrected chi connectivity index (χ1v) is 5.10. The van der Waals surface area contributed by atoms with Gasteiger partial charge in [-0.15, -0.1) is 0 Å². The minimum absolute atomic E-state index is 0.0337. The number of oxazole rings is 1. The van der Waals surface area contributed by atoms with Crippen molar-refractivity contribution in [3.8, 4) is 0 Å². The highest BCUT2D eigenvalue weighted by molar-refractivity contribution is 5.88. The van der Waals surface area contributed by atoms with E-state index >= 15 is 0 Å². The number of alkyl halides is 2. The van der Waals surface area contributed by atoms with E-state index in [1.54, 1.807) is 6.92 Å². The molecule has 0 unspecified atom stereocenters. The molecule has 0 N–H and O–H groups in total. The predicted molar refractivity (Wildman–Crippen MR) is 53.0 cm³/mol. The summed E-state index contributed by atoms with van der Waals surface area (Å²) in [6, 6.07) is 0. The van der Waals surface area contributed by atoms with Crippen molar-refractivity contribution in [3.63, 3.8) is 0 Å². The van der Waals surface area contributed by atoms with Crippen LogP contribution in [0.5, 0.6) is 0 Å². The molecule has 0 radical (unpaired) electrons. The number of halogens is 2. The molecule has 0 fully saturated rings. The van der Waals surface area contributed by atoms with E-state index in [0.29, 0.717) is 0 Å². The molecule has 0 aliphatic heterocycles. The first-order chi connectivity index (χ1) is 8.15. The lowest BCUT2D eigenvalue weighted by Crippen LogP contribution is -2.11. The molecule has 5 nitrogen and oxygen atoms in total. The highest BCUT2D eigenvalue weighted by Crippen LogP contribution is 2.09. The summed E-state index contributed by atoms with van der Waals surface area (Å²) in [5.74, 6) is -0.317. The fraction of sp³-hybridized carbons (Fsp3) is 0.600. The average Bonchev–Trinajstić information content (AvgIpc) is 2.72. The van der Waals surface area contributed by atoms with Gasteiger partial charge in [-0.2, -0.15) is 0 Å². The molecule has 0 atom stereocenters. The number of hydrogen-bond acceptors (Lipinski definition) is 5. The Morgan fingerprint density at radius 1 is 1.59 bits per heavy atom. The van der Waals surface area contributed by atoms with Crippen LogP contribution in [0.4, 0.5) is 8.78 Å². The van der Waals surface area contributed by atoms with Crippen LogP contribution in [0, 0.1) is 0 Å². The SMILES string of the molecule is CCOC(=O)c1ncoc1CCOCC(F)F. The molecule has 0 bridgehead atoms. The number of esters is 1. The zero-order valence-electron chi connectivity index (χ0n) is 9.32. The van der Waals surface area contributed by atoms with Crippen LogP contribution < -0.4 is 0 Å². The predicted octanol–water partition coefficient (Wildman–Crippen LogP) is 1.68. The van der Waals surface area contributed by atoms with Crippen LogP contribution in [0.15, 0.2) is 10.8 Å². The third kappa shape index (κ3) is 4.48. The van der Waals surface area contributed by atoms with E-state index in [4.69, 9.17) is 9.15 Å². The van der Waals surface area contributed by atoms with Gasteiger partial charge < -0.3 is 13.9 Å². The van der Waals surface area contributed by atoms with Crippen molar-refractivity contribution in [1.82, 2.24) is 4.98 Å². The fourth-order valence-corrected chi connectivity index (χ4v) is 1.15. The van der Waals surface area contributed by atoms with Gasteiger partial charge in [-0.1, -0.05) is 0 Å². The first-order valence-electron chi connectivity index (χ1n) is 5.10. The lowest BCUT2D eigenvalue weighted by atomic mass is 10.3. The van der Waals surface area contributed by atoms with Crippen molar-refractivity contribution >= 4 is 5.97 Å². The molecule has 1 heterocycles. The molecule has 0 aliphatic carbocycles. The quantitative estimate of drug-likeness (QED) is 0.543. The van der Waals surface area contributed by atoms with Gasteiger partial charge in [0.05, 0.1) is 13.2 Å². The average molecular weight is 249 g/mol. The van der Waals surface area contributed by atoms with E-state index < -0.39 is 19.0 Å².